The first-order valence-corrected chi connectivity index (χ1v) is 9.20. The summed E-state index contributed by atoms with van der Waals surface area (Å²) >= 11 is 0. The number of benzene rings is 2. The fourth-order valence-corrected chi connectivity index (χ4v) is 3.13. The largest absolute Gasteiger partial charge is 0.447 e. The molecular formula is C21H20N4O4. The molecule has 0 radical (unpaired) electrons. The molecule has 2 heterocycles. The highest BCUT2D eigenvalue weighted by atomic mass is 16.6. The van der Waals surface area contributed by atoms with Crippen LogP contribution in [0.1, 0.15) is 17.4 Å². The van der Waals surface area contributed by atoms with Crippen molar-refractivity contribution in [1.29, 1.82) is 0 Å². The molecule has 8 nitrogen and oxygen atoms in total. The van der Waals surface area contributed by atoms with Gasteiger partial charge in [0.05, 0.1) is 6.54 Å². The molecule has 2 N–H and O–H groups in total. The summed E-state index contributed by atoms with van der Waals surface area (Å²) in [6.45, 7) is 2.61. The van der Waals surface area contributed by atoms with Crippen LogP contribution in [-0.2, 0) is 9.53 Å². The third-order valence-corrected chi connectivity index (χ3v) is 4.50. The van der Waals surface area contributed by atoms with E-state index in [1.54, 1.807) is 17.9 Å². The van der Waals surface area contributed by atoms with Gasteiger partial charge in [-0.2, -0.15) is 0 Å². The van der Waals surface area contributed by atoms with E-state index in [0.717, 1.165) is 5.56 Å². The van der Waals surface area contributed by atoms with Gasteiger partial charge in [0.25, 0.3) is 5.91 Å². The number of carbonyl (C=O) groups excluding carboxylic acids is 2. The molecule has 0 bridgehead atoms. The maximum absolute atomic E-state index is 13.0. The van der Waals surface area contributed by atoms with E-state index in [4.69, 9.17) is 9.26 Å². The second-order valence-electron chi connectivity index (χ2n) is 6.62. The minimum Gasteiger partial charge on any atom is -0.447 e. The molecule has 2 aromatic carbocycles. The Bertz CT molecular complexity index is 1020. The number of cyclic esters (lactones) is 1. The third kappa shape index (κ3) is 4.21. The summed E-state index contributed by atoms with van der Waals surface area (Å²) in [4.78, 5) is 26.4. The normalized spacial score (nSPS) is 14.4. The summed E-state index contributed by atoms with van der Waals surface area (Å²) in [6.07, 6.45) is -0.374. The lowest BCUT2D eigenvalue weighted by atomic mass is 10.1. The van der Waals surface area contributed by atoms with Crippen molar-refractivity contribution in [3.8, 4) is 0 Å². The molecule has 3 aromatic rings. The molecule has 1 saturated heterocycles. The molecule has 29 heavy (non-hydrogen) atoms. The molecule has 0 aliphatic carbocycles. The van der Waals surface area contributed by atoms with Crippen molar-refractivity contribution in [2.24, 2.45) is 0 Å². The van der Waals surface area contributed by atoms with Gasteiger partial charge in [-0.15, -0.1) is 0 Å². The summed E-state index contributed by atoms with van der Waals surface area (Å²) in [7, 11) is 0. The van der Waals surface area contributed by atoms with E-state index in [2.05, 4.69) is 15.8 Å². The van der Waals surface area contributed by atoms with Gasteiger partial charge >= 0.3 is 6.09 Å². The number of rotatable bonds is 6. The SMILES string of the molecule is Cc1cc(NC(=O)C(Nc2cccc(N3CCOC3=O)c2)c2ccccc2)no1. The van der Waals surface area contributed by atoms with Gasteiger partial charge < -0.3 is 19.9 Å². The van der Waals surface area contributed by atoms with Crippen LogP contribution in [0.2, 0.25) is 0 Å². The van der Waals surface area contributed by atoms with Crippen LogP contribution < -0.4 is 15.5 Å². The third-order valence-electron chi connectivity index (χ3n) is 4.50. The topological polar surface area (TPSA) is 96.7 Å². The molecule has 4 rings (SSSR count). The van der Waals surface area contributed by atoms with Crippen molar-refractivity contribution in [1.82, 2.24) is 5.16 Å². The number of ether oxygens (including phenoxy) is 1. The lowest BCUT2D eigenvalue weighted by Gasteiger charge is -2.21. The monoisotopic (exact) mass is 392 g/mol. The lowest BCUT2D eigenvalue weighted by molar-refractivity contribution is -0.117. The van der Waals surface area contributed by atoms with Crippen LogP contribution in [-0.4, -0.2) is 30.3 Å². The highest BCUT2D eigenvalue weighted by Crippen LogP contribution is 2.26. The zero-order valence-electron chi connectivity index (χ0n) is 15.8. The molecule has 0 spiro atoms. The van der Waals surface area contributed by atoms with Gasteiger partial charge in [0.2, 0.25) is 0 Å². The molecule has 1 aliphatic rings. The maximum Gasteiger partial charge on any atom is 0.414 e. The smallest absolute Gasteiger partial charge is 0.414 e. The van der Waals surface area contributed by atoms with Crippen molar-refractivity contribution in [3.63, 3.8) is 0 Å². The Kier molecular flexibility index (Phi) is 5.15. The highest BCUT2D eigenvalue weighted by Gasteiger charge is 2.25. The number of hydrogen-bond acceptors (Lipinski definition) is 6. The molecule has 0 saturated carbocycles. The molecule has 1 aliphatic heterocycles. The van der Waals surface area contributed by atoms with Gasteiger partial charge in [-0.25, -0.2) is 4.79 Å². The van der Waals surface area contributed by atoms with Crippen LogP contribution in [0.5, 0.6) is 0 Å². The zero-order chi connectivity index (χ0) is 20.2. The Morgan fingerprint density at radius 2 is 1.97 bits per heavy atom. The van der Waals surface area contributed by atoms with E-state index in [1.807, 2.05) is 54.6 Å². The summed E-state index contributed by atoms with van der Waals surface area (Å²) in [6, 6.07) is 17.7. The van der Waals surface area contributed by atoms with E-state index in [0.29, 0.717) is 36.1 Å². The van der Waals surface area contributed by atoms with E-state index in [-0.39, 0.29) is 12.0 Å². The summed E-state index contributed by atoms with van der Waals surface area (Å²) < 4.78 is 10.0. The van der Waals surface area contributed by atoms with Crippen molar-refractivity contribution in [3.05, 3.63) is 72.0 Å². The number of amides is 2. The van der Waals surface area contributed by atoms with E-state index < -0.39 is 6.04 Å². The van der Waals surface area contributed by atoms with Crippen molar-refractivity contribution in [2.45, 2.75) is 13.0 Å². The van der Waals surface area contributed by atoms with Crippen LogP contribution in [0, 0.1) is 6.92 Å². The van der Waals surface area contributed by atoms with Gasteiger partial charge in [0, 0.05) is 17.4 Å². The number of hydrogen-bond donors (Lipinski definition) is 2. The van der Waals surface area contributed by atoms with Crippen LogP contribution >= 0.6 is 0 Å². The summed E-state index contributed by atoms with van der Waals surface area (Å²) in [5.74, 6) is 0.675. The fourth-order valence-electron chi connectivity index (χ4n) is 3.13. The first kappa shape index (κ1) is 18.5. The Morgan fingerprint density at radius 1 is 1.14 bits per heavy atom. The number of aromatic nitrogens is 1. The average Bonchev–Trinajstić information content (AvgIpc) is 3.34. The first-order valence-electron chi connectivity index (χ1n) is 9.20. The predicted octanol–water partition coefficient (Wildman–Crippen LogP) is 3.73. The standard InChI is InChI=1S/C21H20N4O4/c1-14-12-18(24-29-14)23-20(26)19(15-6-3-2-4-7-15)22-16-8-5-9-17(13-16)25-10-11-28-21(25)27/h2-9,12-13,19,22H,10-11H2,1H3,(H,23,24,26). The van der Waals surface area contributed by atoms with Crippen molar-refractivity contribution >= 4 is 29.2 Å². The van der Waals surface area contributed by atoms with Crippen LogP contribution in [0.25, 0.3) is 0 Å². The molecule has 1 fully saturated rings. The number of carbonyl (C=O) groups is 2. The second-order valence-corrected chi connectivity index (χ2v) is 6.62. The van der Waals surface area contributed by atoms with E-state index >= 15 is 0 Å². The zero-order valence-corrected chi connectivity index (χ0v) is 15.8. The number of anilines is 3. The van der Waals surface area contributed by atoms with Crippen molar-refractivity contribution in [2.75, 3.05) is 28.7 Å². The van der Waals surface area contributed by atoms with Crippen LogP contribution in [0.4, 0.5) is 22.0 Å². The molecule has 148 valence electrons. The first-order chi connectivity index (χ1) is 14.1. The molecular weight excluding hydrogens is 372 g/mol. The number of nitrogens with zero attached hydrogens (tertiary/aromatic N) is 2. The van der Waals surface area contributed by atoms with Crippen molar-refractivity contribution < 1.29 is 18.8 Å². The van der Waals surface area contributed by atoms with E-state index in [1.165, 1.54) is 0 Å². The Balaban J connectivity index is 1.58. The Morgan fingerprint density at radius 3 is 2.66 bits per heavy atom. The molecule has 1 unspecified atom stereocenters. The quantitative estimate of drug-likeness (QED) is 0.663. The molecule has 2 amide bonds. The highest BCUT2D eigenvalue weighted by molar-refractivity contribution is 5.97. The minimum absolute atomic E-state index is 0.282. The van der Waals surface area contributed by atoms with Crippen LogP contribution in [0.15, 0.2) is 65.2 Å². The van der Waals surface area contributed by atoms with Gasteiger partial charge in [0.15, 0.2) is 5.82 Å². The van der Waals surface area contributed by atoms with Crippen LogP contribution in [0.3, 0.4) is 0 Å². The Labute approximate surface area is 167 Å². The Hall–Kier alpha value is -3.81. The van der Waals surface area contributed by atoms with E-state index in [9.17, 15) is 9.59 Å². The van der Waals surface area contributed by atoms with Gasteiger partial charge in [-0.3, -0.25) is 9.69 Å². The number of aryl methyl sites for hydroxylation is 1. The van der Waals surface area contributed by atoms with Gasteiger partial charge in [-0.05, 0) is 30.7 Å². The van der Waals surface area contributed by atoms with Gasteiger partial charge in [-0.1, -0.05) is 41.6 Å². The second kappa shape index (κ2) is 8.05. The maximum atomic E-state index is 13.0. The number of nitrogens with one attached hydrogen (secondary N) is 2. The molecule has 8 heteroatoms. The fraction of sp³-hybridized carbons (Fsp3) is 0.190. The van der Waals surface area contributed by atoms with Gasteiger partial charge in [0.1, 0.15) is 18.4 Å². The minimum atomic E-state index is -0.672. The summed E-state index contributed by atoms with van der Waals surface area (Å²) in [5, 5.41) is 9.84. The molecule has 1 atom stereocenters. The predicted molar refractivity (Wildman–Crippen MR) is 108 cm³/mol. The lowest BCUT2D eigenvalue weighted by Crippen LogP contribution is -2.27. The molecule has 1 aromatic heterocycles. The summed E-state index contributed by atoms with van der Waals surface area (Å²) in [5.41, 5.74) is 2.19. The average molecular weight is 392 g/mol.